The lowest BCUT2D eigenvalue weighted by molar-refractivity contribution is -0.120. The number of carbonyl (C=O) groups excluding carboxylic acids is 2. The molecule has 3 aromatic carbocycles. The first kappa shape index (κ1) is 22.9. The van der Waals surface area contributed by atoms with Crippen molar-refractivity contribution in [3.8, 4) is 11.1 Å². The largest absolute Gasteiger partial charge is 0.478 e. The molecule has 2 aliphatic rings. The number of rotatable bonds is 7. The monoisotopic (exact) mass is 490 g/mol. The Bertz CT molecular complexity index is 1290. The van der Waals surface area contributed by atoms with Gasteiger partial charge in [0, 0.05) is 18.2 Å². The highest BCUT2D eigenvalue weighted by Crippen LogP contribution is 2.46. The first-order valence-corrected chi connectivity index (χ1v) is 11.7. The summed E-state index contributed by atoms with van der Waals surface area (Å²) >= 11 is 5.89. The van der Waals surface area contributed by atoms with E-state index in [0.29, 0.717) is 18.5 Å². The predicted molar refractivity (Wildman–Crippen MR) is 132 cm³/mol. The third-order valence-electron chi connectivity index (χ3n) is 6.70. The highest BCUT2D eigenvalue weighted by atomic mass is 35.5. The van der Waals surface area contributed by atoms with Crippen LogP contribution in [0.5, 0.6) is 0 Å². The van der Waals surface area contributed by atoms with E-state index in [-0.39, 0.29) is 35.6 Å². The van der Waals surface area contributed by atoms with E-state index in [9.17, 15) is 19.5 Å². The molecule has 0 atom stereocenters. The average molecular weight is 491 g/mol. The van der Waals surface area contributed by atoms with E-state index in [1.165, 1.54) is 12.1 Å². The number of hydrogen-bond donors (Lipinski definition) is 3. The molecule has 35 heavy (non-hydrogen) atoms. The highest BCUT2D eigenvalue weighted by molar-refractivity contribution is 6.33. The molecule has 2 aliphatic carbocycles. The first-order valence-electron chi connectivity index (χ1n) is 11.3. The number of benzene rings is 3. The Morgan fingerprint density at radius 3 is 2.20 bits per heavy atom. The van der Waals surface area contributed by atoms with E-state index < -0.39 is 17.5 Å². The number of hydrogen-bond acceptors (Lipinski definition) is 4. The summed E-state index contributed by atoms with van der Waals surface area (Å²) in [6, 6.07) is 20.5. The standard InChI is InChI=1S/C27H23ClN2O5/c28-23-10-9-16(13-21(23)24(31)32)30-25(33)27(11-12-27)15-29-26(34)35-14-22-19-7-3-1-5-17(19)18-6-2-4-8-20(18)22/h1-10,13,22H,11-12,14-15H2,(H,29,34)(H,30,33)(H,31,32). The molecule has 1 fully saturated rings. The smallest absolute Gasteiger partial charge is 0.407 e. The summed E-state index contributed by atoms with van der Waals surface area (Å²) in [4.78, 5) is 36.6. The van der Waals surface area contributed by atoms with Crippen molar-refractivity contribution < 1.29 is 24.2 Å². The van der Waals surface area contributed by atoms with Gasteiger partial charge in [0.2, 0.25) is 5.91 Å². The minimum Gasteiger partial charge on any atom is -0.478 e. The van der Waals surface area contributed by atoms with Gasteiger partial charge < -0.3 is 20.5 Å². The number of carboxylic acid groups (broad SMARTS) is 1. The Labute approximate surface area is 207 Å². The molecule has 0 aromatic heterocycles. The SMILES string of the molecule is O=C(NCC1(C(=O)Nc2ccc(Cl)c(C(=O)O)c2)CC1)OCC1c2ccccc2-c2ccccc21. The Morgan fingerprint density at radius 1 is 0.971 bits per heavy atom. The van der Waals surface area contributed by atoms with E-state index in [0.717, 1.165) is 22.3 Å². The fraction of sp³-hybridized carbons (Fsp3) is 0.222. The molecule has 1 saturated carbocycles. The average Bonchev–Trinajstić information content (AvgIpc) is 3.59. The maximum absolute atomic E-state index is 12.8. The summed E-state index contributed by atoms with van der Waals surface area (Å²) in [5.74, 6) is -1.50. The van der Waals surface area contributed by atoms with Gasteiger partial charge in [-0.1, -0.05) is 60.1 Å². The van der Waals surface area contributed by atoms with Crippen molar-refractivity contribution in [1.29, 1.82) is 0 Å². The molecule has 3 N–H and O–H groups in total. The van der Waals surface area contributed by atoms with Gasteiger partial charge in [-0.25, -0.2) is 9.59 Å². The number of fused-ring (bicyclic) bond motifs is 3. The minimum absolute atomic E-state index is 0.0420. The second kappa shape index (κ2) is 9.07. The molecule has 5 rings (SSSR count). The molecule has 0 bridgehead atoms. The summed E-state index contributed by atoms with van der Waals surface area (Å²) in [6.07, 6.45) is 0.648. The number of amides is 2. The van der Waals surface area contributed by atoms with Gasteiger partial charge >= 0.3 is 12.1 Å². The number of alkyl carbamates (subject to hydrolysis) is 1. The van der Waals surface area contributed by atoms with E-state index in [2.05, 4.69) is 34.9 Å². The van der Waals surface area contributed by atoms with E-state index in [1.54, 1.807) is 6.07 Å². The Morgan fingerprint density at radius 2 is 1.60 bits per heavy atom. The molecule has 3 aromatic rings. The van der Waals surface area contributed by atoms with Crippen molar-refractivity contribution in [3.63, 3.8) is 0 Å². The number of halogens is 1. The van der Waals surface area contributed by atoms with E-state index in [4.69, 9.17) is 16.3 Å². The first-order chi connectivity index (χ1) is 16.9. The van der Waals surface area contributed by atoms with Gasteiger partial charge in [-0.05, 0) is 53.3 Å². The summed E-state index contributed by atoms with van der Waals surface area (Å²) in [7, 11) is 0. The molecule has 8 heteroatoms. The molecule has 0 heterocycles. The van der Waals surface area contributed by atoms with Crippen LogP contribution in [0.1, 0.15) is 40.2 Å². The van der Waals surface area contributed by atoms with Gasteiger partial charge in [-0.3, -0.25) is 4.79 Å². The van der Waals surface area contributed by atoms with Crippen LogP contribution in [0.25, 0.3) is 11.1 Å². The maximum Gasteiger partial charge on any atom is 0.407 e. The third kappa shape index (κ3) is 4.47. The minimum atomic E-state index is -1.18. The van der Waals surface area contributed by atoms with Crippen molar-refractivity contribution in [2.75, 3.05) is 18.5 Å². The topological polar surface area (TPSA) is 105 Å². The molecular formula is C27H23ClN2O5. The van der Waals surface area contributed by atoms with E-state index >= 15 is 0 Å². The van der Waals surface area contributed by atoms with E-state index in [1.807, 2.05) is 24.3 Å². The fourth-order valence-corrected chi connectivity index (χ4v) is 4.75. The van der Waals surface area contributed by atoms with Crippen molar-refractivity contribution >= 4 is 35.3 Å². The Kier molecular flexibility index (Phi) is 5.94. The molecular weight excluding hydrogens is 468 g/mol. The van der Waals surface area contributed by atoms with Crippen LogP contribution >= 0.6 is 11.6 Å². The molecule has 0 unspecified atom stereocenters. The molecule has 178 valence electrons. The second-order valence-corrected chi connectivity index (χ2v) is 9.32. The van der Waals surface area contributed by atoms with Crippen LogP contribution in [0.4, 0.5) is 10.5 Å². The molecule has 0 aliphatic heterocycles. The van der Waals surface area contributed by atoms with Crippen LogP contribution < -0.4 is 10.6 Å². The van der Waals surface area contributed by atoms with Crippen LogP contribution in [0.3, 0.4) is 0 Å². The summed E-state index contributed by atoms with van der Waals surface area (Å²) in [6.45, 7) is 0.330. The second-order valence-electron chi connectivity index (χ2n) is 8.91. The number of carboxylic acids is 1. The zero-order chi connectivity index (χ0) is 24.6. The number of carbonyl (C=O) groups is 3. The zero-order valence-corrected chi connectivity index (χ0v) is 19.5. The maximum atomic E-state index is 12.8. The quantitative estimate of drug-likeness (QED) is 0.417. The zero-order valence-electron chi connectivity index (χ0n) is 18.7. The lowest BCUT2D eigenvalue weighted by Gasteiger charge is -2.18. The van der Waals surface area contributed by atoms with Crippen molar-refractivity contribution in [2.45, 2.75) is 18.8 Å². The Balaban J connectivity index is 1.18. The van der Waals surface area contributed by atoms with Gasteiger partial charge in [-0.2, -0.15) is 0 Å². The predicted octanol–water partition coefficient (Wildman–Crippen LogP) is 5.30. The number of ether oxygens (including phenoxy) is 1. The van der Waals surface area contributed by atoms with Gasteiger partial charge in [0.1, 0.15) is 6.61 Å². The lowest BCUT2D eigenvalue weighted by atomic mass is 9.98. The summed E-state index contributed by atoms with van der Waals surface area (Å²) in [5, 5.41) is 14.8. The molecule has 0 saturated heterocycles. The Hall–Kier alpha value is -3.84. The molecule has 0 radical (unpaired) electrons. The summed E-state index contributed by atoms with van der Waals surface area (Å²) < 4.78 is 5.55. The van der Waals surface area contributed by atoms with Gasteiger partial charge in [0.25, 0.3) is 0 Å². The van der Waals surface area contributed by atoms with Crippen LogP contribution in [0, 0.1) is 5.41 Å². The molecule has 2 amide bonds. The fourth-order valence-electron chi connectivity index (χ4n) is 4.56. The van der Waals surface area contributed by atoms with Crippen molar-refractivity contribution in [1.82, 2.24) is 5.32 Å². The van der Waals surface area contributed by atoms with Crippen LogP contribution in [-0.4, -0.2) is 36.2 Å². The van der Waals surface area contributed by atoms with Crippen LogP contribution in [0.2, 0.25) is 5.02 Å². The number of aromatic carboxylic acids is 1. The lowest BCUT2D eigenvalue weighted by Crippen LogP contribution is -2.37. The van der Waals surface area contributed by atoms with Gasteiger partial charge in [0.05, 0.1) is 16.0 Å². The summed E-state index contributed by atoms with van der Waals surface area (Å²) in [5.41, 5.74) is 4.06. The molecule has 7 nitrogen and oxygen atoms in total. The normalized spacial score (nSPS) is 15.0. The van der Waals surface area contributed by atoms with Crippen molar-refractivity contribution in [3.05, 3.63) is 88.4 Å². The van der Waals surface area contributed by atoms with Crippen molar-refractivity contribution in [2.24, 2.45) is 5.41 Å². The number of nitrogens with one attached hydrogen (secondary N) is 2. The van der Waals surface area contributed by atoms with Crippen LogP contribution in [-0.2, 0) is 9.53 Å². The van der Waals surface area contributed by atoms with Crippen LogP contribution in [0.15, 0.2) is 66.7 Å². The number of anilines is 1. The van der Waals surface area contributed by atoms with Gasteiger partial charge in [0.15, 0.2) is 0 Å². The molecule has 0 spiro atoms. The highest BCUT2D eigenvalue weighted by Gasteiger charge is 2.50. The third-order valence-corrected chi connectivity index (χ3v) is 7.03. The van der Waals surface area contributed by atoms with Gasteiger partial charge in [-0.15, -0.1) is 0 Å².